The Morgan fingerprint density at radius 1 is 1.10 bits per heavy atom. The molecule has 0 spiro atoms. The van der Waals surface area contributed by atoms with Crippen LogP contribution >= 0.6 is 0 Å². The van der Waals surface area contributed by atoms with Crippen LogP contribution in [-0.2, 0) is 9.59 Å². The largest absolute Gasteiger partial charge is 0.467 e. The van der Waals surface area contributed by atoms with Crippen molar-refractivity contribution in [1.82, 2.24) is 14.9 Å². The lowest BCUT2D eigenvalue weighted by molar-refractivity contribution is -0.133. The number of hydrogen-bond acceptors (Lipinski definition) is 6. The summed E-state index contributed by atoms with van der Waals surface area (Å²) in [5.41, 5.74) is -1.11. The molecule has 0 radical (unpaired) electrons. The first-order valence-corrected chi connectivity index (χ1v) is 11.9. The number of methoxy groups -OCH3 is 1. The second-order valence-electron chi connectivity index (χ2n) is 8.93. The first-order valence-electron chi connectivity index (χ1n) is 11.9. The van der Waals surface area contributed by atoms with Gasteiger partial charge in [0.2, 0.25) is 0 Å². The van der Waals surface area contributed by atoms with Crippen molar-refractivity contribution in [3.63, 3.8) is 0 Å². The molecule has 11 heteroatoms. The van der Waals surface area contributed by atoms with Crippen molar-refractivity contribution >= 4 is 29.6 Å². The summed E-state index contributed by atoms with van der Waals surface area (Å²) in [6.45, 7) is 1.46. The molecule has 39 heavy (non-hydrogen) atoms. The van der Waals surface area contributed by atoms with Crippen LogP contribution in [0, 0.1) is 23.5 Å². The zero-order valence-electron chi connectivity index (χ0n) is 21.5. The molecular weight excluding hydrogens is 508 g/mol. The van der Waals surface area contributed by atoms with Crippen LogP contribution in [0.5, 0.6) is 6.01 Å². The number of carbonyl (C=O) groups is 3. The van der Waals surface area contributed by atoms with Crippen LogP contribution in [0.2, 0.25) is 0 Å². The minimum atomic E-state index is -1.63. The third-order valence-electron chi connectivity index (χ3n) is 6.43. The van der Waals surface area contributed by atoms with Crippen LogP contribution in [-0.4, -0.2) is 65.9 Å². The smallest absolute Gasteiger partial charge is 0.325 e. The van der Waals surface area contributed by atoms with Gasteiger partial charge >= 0.3 is 12.0 Å². The topological polar surface area (TPSA) is 95.9 Å². The van der Waals surface area contributed by atoms with Gasteiger partial charge in [-0.3, -0.25) is 9.69 Å². The van der Waals surface area contributed by atoms with E-state index in [1.54, 1.807) is 24.3 Å². The van der Waals surface area contributed by atoms with Crippen molar-refractivity contribution in [3.8, 4) is 17.9 Å². The van der Waals surface area contributed by atoms with Gasteiger partial charge in [0, 0.05) is 37.7 Å². The summed E-state index contributed by atoms with van der Waals surface area (Å²) in [7, 11) is 2.61. The van der Waals surface area contributed by atoms with E-state index >= 15 is 8.78 Å². The zero-order chi connectivity index (χ0) is 28.2. The molecule has 1 aliphatic heterocycles. The standard InChI is InChI=1S/C28H25F2N5O4/c1-28(11-14-36)25(37)34(21-17-31-26(39-3)32-18-21)12-13-35(28)27(38)33(2)24-22(29)15-20(16-23(24)30)10-9-19-7-5-4-6-8-19/h4-8,14-18H,11-13H2,1-3H3. The Bertz CT molecular complexity index is 1430. The first-order chi connectivity index (χ1) is 18.7. The normalized spacial score (nSPS) is 16.8. The lowest BCUT2D eigenvalue weighted by Gasteiger charge is -2.47. The molecular formula is C28H25F2N5O4. The van der Waals surface area contributed by atoms with E-state index in [1.165, 1.54) is 38.4 Å². The Hall–Kier alpha value is -4.85. The summed E-state index contributed by atoms with van der Waals surface area (Å²) < 4.78 is 35.1. The molecule has 3 aromatic rings. The molecule has 9 nitrogen and oxygen atoms in total. The Morgan fingerprint density at radius 2 is 1.72 bits per heavy atom. The van der Waals surface area contributed by atoms with Crippen LogP contribution in [0.3, 0.4) is 0 Å². The molecule has 3 amide bonds. The van der Waals surface area contributed by atoms with Gasteiger partial charge in [-0.05, 0) is 31.2 Å². The van der Waals surface area contributed by atoms with Crippen LogP contribution in [0.25, 0.3) is 0 Å². The van der Waals surface area contributed by atoms with Crippen molar-refractivity contribution < 1.29 is 27.9 Å². The maximum atomic E-state index is 15.1. The molecule has 1 aromatic heterocycles. The Morgan fingerprint density at radius 3 is 2.31 bits per heavy atom. The maximum Gasteiger partial charge on any atom is 0.325 e. The van der Waals surface area contributed by atoms with Crippen molar-refractivity contribution in [2.75, 3.05) is 37.0 Å². The van der Waals surface area contributed by atoms with Gasteiger partial charge in [-0.2, -0.15) is 0 Å². The molecule has 1 unspecified atom stereocenters. The highest BCUT2D eigenvalue weighted by atomic mass is 19.1. The van der Waals surface area contributed by atoms with E-state index in [0.29, 0.717) is 17.5 Å². The highest BCUT2D eigenvalue weighted by Crippen LogP contribution is 2.32. The number of aldehydes is 1. The molecule has 2 aromatic carbocycles. The van der Waals surface area contributed by atoms with Gasteiger partial charge in [-0.25, -0.2) is 23.5 Å². The molecule has 1 aliphatic rings. The number of anilines is 2. The fourth-order valence-corrected chi connectivity index (χ4v) is 4.32. The molecule has 0 bridgehead atoms. The summed E-state index contributed by atoms with van der Waals surface area (Å²) in [5, 5.41) is 0. The number of amides is 3. The summed E-state index contributed by atoms with van der Waals surface area (Å²) >= 11 is 0. The fraction of sp³-hybridized carbons (Fsp3) is 0.250. The Kier molecular flexibility index (Phi) is 7.85. The molecule has 0 saturated carbocycles. The monoisotopic (exact) mass is 533 g/mol. The van der Waals surface area contributed by atoms with E-state index < -0.39 is 34.8 Å². The highest BCUT2D eigenvalue weighted by molar-refractivity contribution is 6.06. The third-order valence-corrected chi connectivity index (χ3v) is 6.43. The minimum Gasteiger partial charge on any atom is -0.467 e. The maximum absolute atomic E-state index is 15.1. The molecule has 1 atom stereocenters. The number of hydrogen-bond donors (Lipinski definition) is 0. The van der Waals surface area contributed by atoms with E-state index in [4.69, 9.17) is 4.74 Å². The zero-order valence-corrected chi connectivity index (χ0v) is 21.5. The predicted molar refractivity (Wildman–Crippen MR) is 139 cm³/mol. The Labute approximate surface area is 224 Å². The minimum absolute atomic E-state index is 0.0187. The number of nitrogens with zero attached hydrogens (tertiary/aromatic N) is 5. The van der Waals surface area contributed by atoms with E-state index in [1.807, 2.05) is 6.07 Å². The van der Waals surface area contributed by atoms with Crippen molar-refractivity contribution in [3.05, 3.63) is 77.6 Å². The molecule has 4 rings (SSSR count). The number of carbonyl (C=O) groups excluding carboxylic acids is 3. The molecule has 2 heterocycles. The number of piperazine rings is 1. The number of benzene rings is 2. The third kappa shape index (κ3) is 5.40. The van der Waals surface area contributed by atoms with E-state index in [0.717, 1.165) is 21.9 Å². The van der Waals surface area contributed by atoms with E-state index in [9.17, 15) is 14.4 Å². The number of aromatic nitrogens is 2. The molecule has 0 aliphatic carbocycles. The quantitative estimate of drug-likeness (QED) is 0.369. The van der Waals surface area contributed by atoms with Crippen molar-refractivity contribution in [2.24, 2.45) is 0 Å². The Balaban J connectivity index is 1.60. The van der Waals surface area contributed by atoms with Gasteiger partial charge in [0.25, 0.3) is 5.91 Å². The van der Waals surface area contributed by atoms with Crippen LogP contribution < -0.4 is 14.5 Å². The second kappa shape index (κ2) is 11.3. The molecule has 1 fully saturated rings. The highest BCUT2D eigenvalue weighted by Gasteiger charge is 2.49. The number of urea groups is 1. The molecule has 0 N–H and O–H groups in total. The summed E-state index contributed by atoms with van der Waals surface area (Å²) in [6, 6.07) is 10.3. The van der Waals surface area contributed by atoms with Crippen LogP contribution in [0.1, 0.15) is 24.5 Å². The fourth-order valence-electron chi connectivity index (χ4n) is 4.32. The van der Waals surface area contributed by atoms with Gasteiger partial charge in [0.15, 0.2) is 11.6 Å². The summed E-state index contributed by atoms with van der Waals surface area (Å²) in [4.78, 5) is 49.9. The van der Waals surface area contributed by atoms with Crippen molar-refractivity contribution in [2.45, 2.75) is 18.9 Å². The summed E-state index contributed by atoms with van der Waals surface area (Å²) in [6.07, 6.45) is 2.97. The van der Waals surface area contributed by atoms with E-state index in [2.05, 4.69) is 21.8 Å². The molecule has 1 saturated heterocycles. The van der Waals surface area contributed by atoms with Gasteiger partial charge in [0.1, 0.15) is 17.5 Å². The van der Waals surface area contributed by atoms with Gasteiger partial charge in [0.05, 0.1) is 25.2 Å². The van der Waals surface area contributed by atoms with E-state index in [-0.39, 0.29) is 31.1 Å². The average Bonchev–Trinajstić information content (AvgIpc) is 2.93. The number of halogens is 2. The van der Waals surface area contributed by atoms with Gasteiger partial charge in [-0.15, -0.1) is 0 Å². The number of rotatable bonds is 5. The lowest BCUT2D eigenvalue weighted by Crippen LogP contribution is -2.68. The van der Waals surface area contributed by atoms with Gasteiger partial charge in [-0.1, -0.05) is 30.0 Å². The van der Waals surface area contributed by atoms with Crippen LogP contribution in [0.15, 0.2) is 54.9 Å². The van der Waals surface area contributed by atoms with Crippen LogP contribution in [0.4, 0.5) is 25.0 Å². The SMILES string of the molecule is COc1ncc(N2CCN(C(=O)N(C)c3c(F)cc(C#Cc4ccccc4)cc3F)C(C)(CC=O)C2=O)cn1. The lowest BCUT2D eigenvalue weighted by atomic mass is 9.91. The first kappa shape index (κ1) is 27.2. The molecule has 200 valence electrons. The predicted octanol–water partition coefficient (Wildman–Crippen LogP) is 3.42. The van der Waals surface area contributed by atoms with Gasteiger partial charge < -0.3 is 19.3 Å². The summed E-state index contributed by atoms with van der Waals surface area (Å²) in [5.74, 6) is 2.98. The second-order valence-corrected chi connectivity index (χ2v) is 8.93. The average molecular weight is 534 g/mol. The number of ether oxygens (including phenoxy) is 1. The van der Waals surface area contributed by atoms with Crippen molar-refractivity contribution in [1.29, 1.82) is 0 Å².